The van der Waals surface area contributed by atoms with Crippen molar-refractivity contribution >= 4 is 0 Å². The molecule has 0 radical (unpaired) electrons. The van der Waals surface area contributed by atoms with E-state index in [4.69, 9.17) is 4.74 Å². The summed E-state index contributed by atoms with van der Waals surface area (Å²) in [4.78, 5) is 0. The molecule has 78 valence electrons. The Morgan fingerprint density at radius 1 is 1.21 bits per heavy atom. The standard InChI is InChI=1S/C9H9F3O2/c1-6-5-7(13-2)3-4-8(6)14-9(10,11)12/h3-5H,1-2H3. The van der Waals surface area contributed by atoms with Gasteiger partial charge < -0.3 is 9.47 Å². The number of rotatable bonds is 2. The molecule has 1 rings (SSSR count). The number of aryl methyl sites for hydroxylation is 1. The fourth-order valence-corrected chi connectivity index (χ4v) is 0.988. The van der Waals surface area contributed by atoms with Crippen LogP contribution in [0.15, 0.2) is 18.2 Å². The Kier molecular flexibility index (Phi) is 2.88. The molecule has 0 aliphatic carbocycles. The predicted octanol–water partition coefficient (Wildman–Crippen LogP) is 2.90. The van der Waals surface area contributed by atoms with Crippen molar-refractivity contribution in [2.45, 2.75) is 13.3 Å². The van der Waals surface area contributed by atoms with Gasteiger partial charge in [-0.25, -0.2) is 0 Å². The minimum atomic E-state index is -4.65. The average Bonchev–Trinajstić information content (AvgIpc) is 2.06. The van der Waals surface area contributed by atoms with Gasteiger partial charge in [-0.05, 0) is 30.7 Å². The van der Waals surface area contributed by atoms with Crippen LogP contribution in [0, 0.1) is 6.92 Å². The maximum atomic E-state index is 11.9. The van der Waals surface area contributed by atoms with E-state index in [0.717, 1.165) is 0 Å². The quantitative estimate of drug-likeness (QED) is 0.740. The summed E-state index contributed by atoms with van der Waals surface area (Å²) >= 11 is 0. The van der Waals surface area contributed by atoms with E-state index >= 15 is 0 Å². The SMILES string of the molecule is COc1ccc(OC(F)(F)F)c(C)c1. The van der Waals surface area contributed by atoms with E-state index in [0.29, 0.717) is 11.3 Å². The molecule has 1 aromatic carbocycles. The first-order valence-corrected chi connectivity index (χ1v) is 3.83. The lowest BCUT2D eigenvalue weighted by Crippen LogP contribution is -2.17. The molecule has 5 heteroatoms. The van der Waals surface area contributed by atoms with Crippen molar-refractivity contribution in [1.82, 2.24) is 0 Å². The summed E-state index contributed by atoms with van der Waals surface area (Å²) in [5.74, 6) is 0.287. The number of benzene rings is 1. The maximum Gasteiger partial charge on any atom is 0.573 e. The monoisotopic (exact) mass is 206 g/mol. The molecule has 0 saturated heterocycles. The molecule has 0 aromatic heterocycles. The molecule has 0 saturated carbocycles. The number of hydrogen-bond acceptors (Lipinski definition) is 2. The summed E-state index contributed by atoms with van der Waals surface area (Å²) in [5.41, 5.74) is 0.377. The van der Waals surface area contributed by atoms with Crippen LogP contribution in [0.25, 0.3) is 0 Å². The van der Waals surface area contributed by atoms with Gasteiger partial charge in [0.05, 0.1) is 7.11 Å². The van der Waals surface area contributed by atoms with E-state index in [1.54, 1.807) is 0 Å². The number of halogens is 3. The van der Waals surface area contributed by atoms with Crippen molar-refractivity contribution in [1.29, 1.82) is 0 Å². The molecule has 14 heavy (non-hydrogen) atoms. The highest BCUT2D eigenvalue weighted by Crippen LogP contribution is 2.28. The lowest BCUT2D eigenvalue weighted by Gasteiger charge is -2.11. The summed E-state index contributed by atoms with van der Waals surface area (Å²) in [6.07, 6.45) is -4.65. The summed E-state index contributed by atoms with van der Waals surface area (Å²) < 4.78 is 44.2. The molecular weight excluding hydrogens is 197 g/mol. The highest BCUT2D eigenvalue weighted by Gasteiger charge is 2.31. The van der Waals surface area contributed by atoms with Crippen LogP contribution in [0.5, 0.6) is 11.5 Å². The zero-order chi connectivity index (χ0) is 10.8. The molecule has 0 bridgehead atoms. The molecule has 0 N–H and O–H groups in total. The minimum Gasteiger partial charge on any atom is -0.497 e. The van der Waals surface area contributed by atoms with Crippen molar-refractivity contribution in [3.8, 4) is 11.5 Å². The molecule has 0 heterocycles. The smallest absolute Gasteiger partial charge is 0.497 e. The van der Waals surface area contributed by atoms with Gasteiger partial charge in [0.15, 0.2) is 0 Å². The molecule has 0 atom stereocenters. The van der Waals surface area contributed by atoms with Gasteiger partial charge in [0.2, 0.25) is 0 Å². The predicted molar refractivity (Wildman–Crippen MR) is 44.4 cm³/mol. The van der Waals surface area contributed by atoms with E-state index in [1.165, 1.54) is 32.2 Å². The van der Waals surface area contributed by atoms with E-state index in [1.807, 2.05) is 0 Å². The van der Waals surface area contributed by atoms with Crippen molar-refractivity contribution < 1.29 is 22.6 Å². The highest BCUT2D eigenvalue weighted by atomic mass is 19.4. The van der Waals surface area contributed by atoms with Crippen molar-refractivity contribution in [3.05, 3.63) is 23.8 Å². The largest absolute Gasteiger partial charge is 0.573 e. The Morgan fingerprint density at radius 3 is 2.29 bits per heavy atom. The Labute approximate surface area is 79.2 Å². The Balaban J connectivity index is 2.89. The first-order chi connectivity index (χ1) is 6.42. The minimum absolute atomic E-state index is 0.210. The first kappa shape index (κ1) is 10.7. The van der Waals surface area contributed by atoms with Gasteiger partial charge in [-0.3, -0.25) is 0 Å². The topological polar surface area (TPSA) is 18.5 Å². The average molecular weight is 206 g/mol. The summed E-state index contributed by atoms with van der Waals surface area (Å²) in [6, 6.07) is 4.11. The van der Waals surface area contributed by atoms with Crippen LogP contribution < -0.4 is 9.47 Å². The van der Waals surface area contributed by atoms with Crippen LogP contribution in [-0.4, -0.2) is 13.5 Å². The van der Waals surface area contributed by atoms with E-state index < -0.39 is 6.36 Å². The van der Waals surface area contributed by atoms with Crippen LogP contribution >= 0.6 is 0 Å². The van der Waals surface area contributed by atoms with Gasteiger partial charge in [-0.2, -0.15) is 0 Å². The second-order valence-electron chi connectivity index (χ2n) is 2.68. The van der Waals surface area contributed by atoms with Gasteiger partial charge in [-0.1, -0.05) is 0 Å². The third-order valence-electron chi connectivity index (χ3n) is 1.61. The number of ether oxygens (including phenoxy) is 2. The Bertz CT molecular complexity index is 320. The van der Waals surface area contributed by atoms with Gasteiger partial charge in [-0.15, -0.1) is 13.2 Å². The molecule has 0 unspecified atom stereocenters. The Morgan fingerprint density at radius 2 is 1.86 bits per heavy atom. The zero-order valence-electron chi connectivity index (χ0n) is 7.68. The summed E-state index contributed by atoms with van der Waals surface area (Å²) in [5, 5.41) is 0. The van der Waals surface area contributed by atoms with Crippen LogP contribution in [0.4, 0.5) is 13.2 Å². The molecule has 2 nitrogen and oxygen atoms in total. The van der Waals surface area contributed by atoms with Crippen molar-refractivity contribution in [2.75, 3.05) is 7.11 Å². The fourth-order valence-electron chi connectivity index (χ4n) is 0.988. The lowest BCUT2D eigenvalue weighted by atomic mass is 10.2. The molecule has 0 aliphatic heterocycles. The van der Waals surface area contributed by atoms with Gasteiger partial charge >= 0.3 is 6.36 Å². The second kappa shape index (κ2) is 3.77. The lowest BCUT2D eigenvalue weighted by molar-refractivity contribution is -0.274. The van der Waals surface area contributed by atoms with Gasteiger partial charge in [0.25, 0.3) is 0 Å². The summed E-state index contributed by atoms with van der Waals surface area (Å²) in [6.45, 7) is 1.52. The molecule has 0 fully saturated rings. The van der Waals surface area contributed by atoms with Crippen LogP contribution in [0.2, 0.25) is 0 Å². The first-order valence-electron chi connectivity index (χ1n) is 3.83. The highest BCUT2D eigenvalue weighted by molar-refractivity contribution is 5.39. The summed E-state index contributed by atoms with van der Waals surface area (Å²) in [7, 11) is 1.44. The normalized spacial score (nSPS) is 11.2. The van der Waals surface area contributed by atoms with Gasteiger partial charge in [0, 0.05) is 0 Å². The molecule has 0 aliphatic rings. The van der Waals surface area contributed by atoms with Crippen LogP contribution in [-0.2, 0) is 0 Å². The molecule has 0 spiro atoms. The zero-order valence-corrected chi connectivity index (χ0v) is 7.68. The third kappa shape index (κ3) is 2.83. The van der Waals surface area contributed by atoms with Crippen LogP contribution in [0.1, 0.15) is 5.56 Å². The molecule has 1 aromatic rings. The second-order valence-corrected chi connectivity index (χ2v) is 2.68. The maximum absolute atomic E-state index is 11.9. The van der Waals surface area contributed by atoms with E-state index in [9.17, 15) is 13.2 Å². The van der Waals surface area contributed by atoms with Crippen molar-refractivity contribution in [3.63, 3.8) is 0 Å². The molecular formula is C9H9F3O2. The number of hydrogen-bond donors (Lipinski definition) is 0. The third-order valence-corrected chi connectivity index (χ3v) is 1.61. The van der Waals surface area contributed by atoms with Crippen molar-refractivity contribution in [2.24, 2.45) is 0 Å². The fraction of sp³-hybridized carbons (Fsp3) is 0.333. The van der Waals surface area contributed by atoms with E-state index in [-0.39, 0.29) is 5.75 Å². The molecule has 0 amide bonds. The van der Waals surface area contributed by atoms with Gasteiger partial charge in [0.1, 0.15) is 11.5 Å². The van der Waals surface area contributed by atoms with Crippen LogP contribution in [0.3, 0.4) is 0 Å². The Hall–Kier alpha value is -1.39. The number of alkyl halides is 3. The number of methoxy groups -OCH3 is 1. The van der Waals surface area contributed by atoms with E-state index in [2.05, 4.69) is 4.74 Å².